The summed E-state index contributed by atoms with van der Waals surface area (Å²) in [5, 5.41) is 0. The molecule has 0 atom stereocenters. The number of hydrogen-bond acceptors (Lipinski definition) is 3. The third-order valence-corrected chi connectivity index (χ3v) is 4.31. The van der Waals surface area contributed by atoms with Crippen molar-refractivity contribution in [2.24, 2.45) is 0 Å². The third-order valence-electron chi connectivity index (χ3n) is 3.46. The minimum absolute atomic E-state index is 0.0571. The van der Waals surface area contributed by atoms with Crippen LogP contribution >= 0.6 is 0 Å². The number of hydrogen-bond donors (Lipinski definition) is 1. The Morgan fingerprint density at radius 3 is 2.50 bits per heavy atom. The SMILES string of the molecule is Cc1ccc(S(=O)(=O)O)cc1CCCOCc1ccccc1. The van der Waals surface area contributed by atoms with E-state index in [1.807, 2.05) is 37.3 Å². The molecule has 0 saturated carbocycles. The quantitative estimate of drug-likeness (QED) is 0.627. The highest BCUT2D eigenvalue weighted by Crippen LogP contribution is 2.17. The minimum atomic E-state index is -4.14. The summed E-state index contributed by atoms with van der Waals surface area (Å²) in [6.45, 7) is 3.10. The van der Waals surface area contributed by atoms with Crippen molar-refractivity contribution >= 4 is 10.1 Å². The molecule has 5 heteroatoms. The number of benzene rings is 2. The summed E-state index contributed by atoms with van der Waals surface area (Å²) in [6.07, 6.45) is 1.51. The molecular weight excluding hydrogens is 300 g/mol. The highest BCUT2D eigenvalue weighted by atomic mass is 32.2. The van der Waals surface area contributed by atoms with Crippen molar-refractivity contribution in [2.45, 2.75) is 31.3 Å². The Hall–Kier alpha value is -1.69. The molecule has 2 rings (SSSR count). The van der Waals surface area contributed by atoms with Gasteiger partial charge in [-0.1, -0.05) is 36.4 Å². The zero-order chi connectivity index (χ0) is 16.0. The Kier molecular flexibility index (Phi) is 5.71. The van der Waals surface area contributed by atoms with E-state index in [1.54, 1.807) is 6.07 Å². The molecule has 0 spiro atoms. The largest absolute Gasteiger partial charge is 0.377 e. The first-order valence-electron chi connectivity index (χ1n) is 7.15. The zero-order valence-corrected chi connectivity index (χ0v) is 13.3. The lowest BCUT2D eigenvalue weighted by Gasteiger charge is -2.08. The molecule has 0 fully saturated rings. The molecule has 0 aliphatic carbocycles. The van der Waals surface area contributed by atoms with E-state index in [1.165, 1.54) is 12.1 Å². The van der Waals surface area contributed by atoms with Crippen molar-refractivity contribution in [3.05, 3.63) is 65.2 Å². The van der Waals surface area contributed by atoms with Crippen molar-refractivity contribution in [2.75, 3.05) is 6.61 Å². The van der Waals surface area contributed by atoms with Crippen LogP contribution in [0.2, 0.25) is 0 Å². The third kappa shape index (κ3) is 4.94. The lowest BCUT2D eigenvalue weighted by molar-refractivity contribution is 0.118. The van der Waals surface area contributed by atoms with Gasteiger partial charge in [0.1, 0.15) is 0 Å². The fourth-order valence-electron chi connectivity index (χ4n) is 2.21. The molecule has 0 radical (unpaired) electrons. The molecular formula is C17H20O4S. The molecule has 0 saturated heterocycles. The van der Waals surface area contributed by atoms with Gasteiger partial charge in [-0.3, -0.25) is 4.55 Å². The predicted molar refractivity (Wildman–Crippen MR) is 85.4 cm³/mol. The number of ether oxygens (including phenoxy) is 1. The first-order valence-corrected chi connectivity index (χ1v) is 8.59. The van der Waals surface area contributed by atoms with Crippen LogP contribution in [0.3, 0.4) is 0 Å². The van der Waals surface area contributed by atoms with Crippen LogP contribution in [-0.2, 0) is 27.9 Å². The molecule has 2 aromatic carbocycles. The van der Waals surface area contributed by atoms with Gasteiger partial charge in [-0.15, -0.1) is 0 Å². The maximum Gasteiger partial charge on any atom is 0.294 e. The molecule has 0 amide bonds. The average molecular weight is 320 g/mol. The van der Waals surface area contributed by atoms with Crippen molar-refractivity contribution in [3.63, 3.8) is 0 Å². The molecule has 0 heterocycles. The minimum Gasteiger partial charge on any atom is -0.377 e. The highest BCUT2D eigenvalue weighted by molar-refractivity contribution is 7.85. The summed E-state index contributed by atoms with van der Waals surface area (Å²) >= 11 is 0. The van der Waals surface area contributed by atoms with Gasteiger partial charge in [0.15, 0.2) is 0 Å². The van der Waals surface area contributed by atoms with E-state index < -0.39 is 10.1 Å². The van der Waals surface area contributed by atoms with E-state index >= 15 is 0 Å². The van der Waals surface area contributed by atoms with Crippen LogP contribution in [0.15, 0.2) is 53.4 Å². The molecule has 22 heavy (non-hydrogen) atoms. The van der Waals surface area contributed by atoms with Gasteiger partial charge < -0.3 is 4.74 Å². The molecule has 0 aliphatic heterocycles. The van der Waals surface area contributed by atoms with Crippen LogP contribution in [0.25, 0.3) is 0 Å². The summed E-state index contributed by atoms with van der Waals surface area (Å²) in [6, 6.07) is 14.6. The topological polar surface area (TPSA) is 63.6 Å². The monoisotopic (exact) mass is 320 g/mol. The van der Waals surface area contributed by atoms with Crippen LogP contribution in [0.5, 0.6) is 0 Å². The van der Waals surface area contributed by atoms with Crippen LogP contribution in [0.1, 0.15) is 23.1 Å². The van der Waals surface area contributed by atoms with Crippen molar-refractivity contribution in [1.29, 1.82) is 0 Å². The van der Waals surface area contributed by atoms with Crippen LogP contribution in [0, 0.1) is 6.92 Å². The molecule has 118 valence electrons. The highest BCUT2D eigenvalue weighted by Gasteiger charge is 2.11. The second-order valence-corrected chi connectivity index (χ2v) is 6.63. The van der Waals surface area contributed by atoms with Crippen LogP contribution in [0.4, 0.5) is 0 Å². The van der Waals surface area contributed by atoms with E-state index in [0.717, 1.165) is 23.1 Å². The first-order chi connectivity index (χ1) is 10.5. The number of rotatable bonds is 7. The van der Waals surface area contributed by atoms with Crippen molar-refractivity contribution in [1.82, 2.24) is 0 Å². The second kappa shape index (κ2) is 7.54. The van der Waals surface area contributed by atoms with Gasteiger partial charge in [0.05, 0.1) is 11.5 Å². The lowest BCUT2D eigenvalue weighted by Crippen LogP contribution is -2.02. The summed E-state index contributed by atoms with van der Waals surface area (Å²) in [4.78, 5) is -0.0571. The van der Waals surface area contributed by atoms with E-state index in [0.29, 0.717) is 19.6 Å². The van der Waals surface area contributed by atoms with E-state index in [9.17, 15) is 8.42 Å². The van der Waals surface area contributed by atoms with Gasteiger partial charge in [0.2, 0.25) is 0 Å². The van der Waals surface area contributed by atoms with E-state index in [2.05, 4.69) is 0 Å². The maximum atomic E-state index is 11.2. The Morgan fingerprint density at radius 2 is 1.82 bits per heavy atom. The second-order valence-electron chi connectivity index (χ2n) is 5.21. The zero-order valence-electron chi connectivity index (χ0n) is 12.5. The average Bonchev–Trinajstić information content (AvgIpc) is 2.48. The molecule has 0 aliphatic rings. The van der Waals surface area contributed by atoms with Crippen molar-refractivity contribution in [3.8, 4) is 0 Å². The Labute approximate surface area is 131 Å². The Balaban J connectivity index is 1.84. The molecule has 0 aromatic heterocycles. The van der Waals surface area contributed by atoms with Gasteiger partial charge in [0, 0.05) is 6.61 Å². The fraction of sp³-hybridized carbons (Fsp3) is 0.294. The van der Waals surface area contributed by atoms with E-state index in [4.69, 9.17) is 9.29 Å². The Bertz CT molecular complexity index is 709. The normalized spacial score (nSPS) is 11.5. The summed E-state index contributed by atoms with van der Waals surface area (Å²) in [5.41, 5.74) is 3.06. The fourth-order valence-corrected chi connectivity index (χ4v) is 2.74. The number of aryl methyl sites for hydroxylation is 2. The first kappa shape index (κ1) is 16.7. The van der Waals surface area contributed by atoms with Gasteiger partial charge in [-0.05, 0) is 48.6 Å². The van der Waals surface area contributed by atoms with Gasteiger partial charge in [-0.25, -0.2) is 0 Å². The van der Waals surface area contributed by atoms with E-state index in [-0.39, 0.29) is 4.90 Å². The van der Waals surface area contributed by atoms with Crippen LogP contribution < -0.4 is 0 Å². The molecule has 1 N–H and O–H groups in total. The molecule has 0 unspecified atom stereocenters. The van der Waals surface area contributed by atoms with Crippen LogP contribution in [-0.4, -0.2) is 19.6 Å². The van der Waals surface area contributed by atoms with Gasteiger partial charge in [0.25, 0.3) is 10.1 Å². The smallest absolute Gasteiger partial charge is 0.294 e. The molecule has 2 aromatic rings. The standard InChI is InChI=1S/C17H20O4S/c1-14-9-10-17(22(18,19)20)12-16(14)8-5-11-21-13-15-6-3-2-4-7-15/h2-4,6-7,9-10,12H,5,8,11,13H2,1H3,(H,18,19,20). The summed E-state index contributed by atoms with van der Waals surface area (Å²) < 4.78 is 37.0. The summed E-state index contributed by atoms with van der Waals surface area (Å²) in [7, 11) is -4.14. The van der Waals surface area contributed by atoms with Gasteiger partial charge >= 0.3 is 0 Å². The molecule has 4 nitrogen and oxygen atoms in total. The summed E-state index contributed by atoms with van der Waals surface area (Å²) in [5.74, 6) is 0. The van der Waals surface area contributed by atoms with Gasteiger partial charge in [-0.2, -0.15) is 8.42 Å². The lowest BCUT2D eigenvalue weighted by atomic mass is 10.0. The molecule has 0 bridgehead atoms. The Morgan fingerprint density at radius 1 is 1.09 bits per heavy atom. The van der Waals surface area contributed by atoms with Crippen molar-refractivity contribution < 1.29 is 17.7 Å². The maximum absolute atomic E-state index is 11.2. The predicted octanol–water partition coefficient (Wildman–Crippen LogP) is 3.39.